The molecule has 1 N–H and O–H groups in total. The van der Waals surface area contributed by atoms with Crippen molar-refractivity contribution in [2.45, 2.75) is 17.4 Å². The van der Waals surface area contributed by atoms with Crippen LogP contribution in [0.1, 0.15) is 18.0 Å². The van der Waals surface area contributed by atoms with E-state index in [9.17, 15) is 4.79 Å². The van der Waals surface area contributed by atoms with E-state index >= 15 is 0 Å². The highest BCUT2D eigenvalue weighted by molar-refractivity contribution is 9.10. The first-order valence-corrected chi connectivity index (χ1v) is 9.53. The number of thioether (sulfide) groups is 1. The highest BCUT2D eigenvalue weighted by atomic mass is 79.9. The first kappa shape index (κ1) is 17.0. The molecule has 4 aromatic rings. The number of halogens is 1. The Balaban J connectivity index is 1.60. The van der Waals surface area contributed by atoms with Crippen molar-refractivity contribution in [1.29, 1.82) is 0 Å². The second-order valence-electron chi connectivity index (χ2n) is 5.58. The lowest BCUT2D eigenvalue weighted by atomic mass is 10.2. The zero-order valence-corrected chi connectivity index (χ0v) is 16.0. The summed E-state index contributed by atoms with van der Waals surface area (Å²) in [5.74, 6) is 1.01. The van der Waals surface area contributed by atoms with E-state index in [1.54, 1.807) is 6.07 Å². The number of aromatic amines is 1. The summed E-state index contributed by atoms with van der Waals surface area (Å²) >= 11 is 4.82. The van der Waals surface area contributed by atoms with Gasteiger partial charge in [0.15, 0.2) is 0 Å². The van der Waals surface area contributed by atoms with Crippen LogP contribution < -0.4 is 5.56 Å². The van der Waals surface area contributed by atoms with Crippen LogP contribution in [0.25, 0.3) is 22.4 Å². The van der Waals surface area contributed by atoms with E-state index in [1.165, 1.54) is 11.8 Å². The zero-order chi connectivity index (χ0) is 18.1. The van der Waals surface area contributed by atoms with Crippen LogP contribution in [0.4, 0.5) is 0 Å². The van der Waals surface area contributed by atoms with Crippen molar-refractivity contribution in [2.24, 2.45) is 0 Å². The molecule has 0 aliphatic carbocycles. The molecule has 0 spiro atoms. The molecule has 0 fully saturated rings. The van der Waals surface area contributed by atoms with Gasteiger partial charge in [-0.2, -0.15) is 0 Å². The van der Waals surface area contributed by atoms with Gasteiger partial charge in [0.05, 0.1) is 21.7 Å². The number of hydrogen-bond donors (Lipinski definition) is 1. The predicted molar refractivity (Wildman–Crippen MR) is 104 cm³/mol. The maximum Gasteiger partial charge on any atom is 0.277 e. The van der Waals surface area contributed by atoms with Gasteiger partial charge in [-0.15, -0.1) is 10.2 Å². The van der Waals surface area contributed by atoms with Crippen LogP contribution in [0, 0.1) is 0 Å². The Labute approximate surface area is 161 Å². The summed E-state index contributed by atoms with van der Waals surface area (Å²) in [5.41, 5.74) is 1.34. The number of rotatable bonds is 4. The molecule has 0 amide bonds. The summed E-state index contributed by atoms with van der Waals surface area (Å²) in [6.07, 6.45) is 0. The molecule has 6 nitrogen and oxygen atoms in total. The van der Waals surface area contributed by atoms with Gasteiger partial charge < -0.3 is 9.40 Å². The van der Waals surface area contributed by atoms with Crippen molar-refractivity contribution in [3.63, 3.8) is 0 Å². The molecule has 0 radical (unpaired) electrons. The average molecular weight is 429 g/mol. The van der Waals surface area contributed by atoms with Gasteiger partial charge in [0, 0.05) is 4.47 Å². The maximum absolute atomic E-state index is 12.2. The van der Waals surface area contributed by atoms with Crippen LogP contribution in [-0.2, 0) is 0 Å². The Kier molecular flexibility index (Phi) is 4.60. The molecular formula is C18H13BrN4O2S. The van der Waals surface area contributed by atoms with E-state index in [4.69, 9.17) is 4.42 Å². The fraction of sp³-hybridized carbons (Fsp3) is 0.111. The molecule has 8 heteroatoms. The SMILES string of the molecule is C[C@H](Sc1nnc(-c2ccccc2Br)o1)c1nc2ccccc2c(=O)[nH]1. The van der Waals surface area contributed by atoms with Gasteiger partial charge in [0.25, 0.3) is 10.8 Å². The second-order valence-corrected chi connectivity index (χ2v) is 7.73. The highest BCUT2D eigenvalue weighted by Crippen LogP contribution is 2.35. The van der Waals surface area contributed by atoms with Crippen LogP contribution in [0.3, 0.4) is 0 Å². The van der Waals surface area contributed by atoms with Crippen LogP contribution in [-0.4, -0.2) is 20.2 Å². The van der Waals surface area contributed by atoms with Gasteiger partial charge in [-0.3, -0.25) is 4.79 Å². The van der Waals surface area contributed by atoms with E-state index in [-0.39, 0.29) is 10.8 Å². The first-order valence-electron chi connectivity index (χ1n) is 7.86. The zero-order valence-electron chi connectivity index (χ0n) is 13.6. The Bertz CT molecular complexity index is 1140. The summed E-state index contributed by atoms with van der Waals surface area (Å²) in [6, 6.07) is 14.9. The Hall–Kier alpha value is -2.45. The molecule has 2 heterocycles. The van der Waals surface area contributed by atoms with Crippen LogP contribution in [0.2, 0.25) is 0 Å². The number of para-hydroxylation sites is 1. The van der Waals surface area contributed by atoms with Crippen molar-refractivity contribution in [3.8, 4) is 11.5 Å². The molecule has 2 aromatic heterocycles. The number of aromatic nitrogens is 4. The third kappa shape index (κ3) is 3.30. The number of hydrogen-bond acceptors (Lipinski definition) is 6. The van der Waals surface area contributed by atoms with Crippen LogP contribution in [0.15, 0.2) is 67.4 Å². The average Bonchev–Trinajstić information content (AvgIpc) is 3.10. The number of fused-ring (bicyclic) bond motifs is 1. The van der Waals surface area contributed by atoms with Gasteiger partial charge in [-0.25, -0.2) is 4.98 Å². The minimum absolute atomic E-state index is 0.153. The summed E-state index contributed by atoms with van der Waals surface area (Å²) in [4.78, 5) is 19.6. The van der Waals surface area contributed by atoms with Crippen molar-refractivity contribution in [1.82, 2.24) is 20.2 Å². The summed E-state index contributed by atoms with van der Waals surface area (Å²) in [6.45, 7) is 1.93. The lowest BCUT2D eigenvalue weighted by molar-refractivity contribution is 0.464. The largest absolute Gasteiger partial charge is 0.411 e. The van der Waals surface area contributed by atoms with Crippen molar-refractivity contribution < 1.29 is 4.42 Å². The monoisotopic (exact) mass is 428 g/mol. The molecule has 130 valence electrons. The maximum atomic E-state index is 12.2. The lowest BCUT2D eigenvalue weighted by Gasteiger charge is -2.08. The van der Waals surface area contributed by atoms with Crippen molar-refractivity contribution in [3.05, 3.63) is 69.2 Å². The Morgan fingerprint density at radius 3 is 2.73 bits per heavy atom. The second kappa shape index (κ2) is 7.05. The quantitative estimate of drug-likeness (QED) is 0.478. The molecule has 0 saturated carbocycles. The Morgan fingerprint density at radius 2 is 1.88 bits per heavy atom. The summed E-state index contributed by atoms with van der Waals surface area (Å²) < 4.78 is 6.63. The molecule has 1 atom stereocenters. The van der Waals surface area contributed by atoms with E-state index in [0.717, 1.165) is 10.0 Å². The molecule has 0 saturated heterocycles. The molecule has 0 aliphatic rings. The van der Waals surface area contributed by atoms with E-state index < -0.39 is 0 Å². The highest BCUT2D eigenvalue weighted by Gasteiger charge is 2.17. The summed E-state index contributed by atoms with van der Waals surface area (Å²) in [5, 5.41) is 9.03. The fourth-order valence-corrected chi connectivity index (χ4v) is 3.70. The molecule has 0 bridgehead atoms. The smallest absolute Gasteiger partial charge is 0.277 e. The van der Waals surface area contributed by atoms with E-state index in [0.29, 0.717) is 27.8 Å². The molecule has 0 unspecified atom stereocenters. The van der Waals surface area contributed by atoms with Gasteiger partial charge >= 0.3 is 0 Å². The topological polar surface area (TPSA) is 84.7 Å². The normalized spacial score (nSPS) is 12.4. The van der Waals surface area contributed by atoms with Gasteiger partial charge in [0.2, 0.25) is 5.89 Å². The van der Waals surface area contributed by atoms with Crippen molar-refractivity contribution >= 4 is 38.6 Å². The minimum Gasteiger partial charge on any atom is -0.411 e. The predicted octanol–water partition coefficient (Wildman–Crippen LogP) is 4.59. The molecule has 4 rings (SSSR count). The molecule has 0 aliphatic heterocycles. The number of benzene rings is 2. The number of nitrogens with zero attached hydrogens (tertiary/aromatic N) is 3. The number of nitrogens with one attached hydrogen (secondary N) is 1. The lowest BCUT2D eigenvalue weighted by Crippen LogP contribution is -2.12. The molecule has 26 heavy (non-hydrogen) atoms. The van der Waals surface area contributed by atoms with Gasteiger partial charge in [-0.05, 0) is 47.1 Å². The summed E-state index contributed by atoms with van der Waals surface area (Å²) in [7, 11) is 0. The Morgan fingerprint density at radius 1 is 1.12 bits per heavy atom. The van der Waals surface area contributed by atoms with E-state index in [1.807, 2.05) is 49.4 Å². The minimum atomic E-state index is -0.155. The molecule has 2 aromatic carbocycles. The number of H-pyrrole nitrogens is 1. The molecular weight excluding hydrogens is 416 g/mol. The van der Waals surface area contributed by atoms with Crippen molar-refractivity contribution in [2.75, 3.05) is 0 Å². The first-order chi connectivity index (χ1) is 12.6. The van der Waals surface area contributed by atoms with E-state index in [2.05, 4.69) is 36.1 Å². The van der Waals surface area contributed by atoms with Gasteiger partial charge in [0.1, 0.15) is 5.82 Å². The van der Waals surface area contributed by atoms with Crippen LogP contribution in [0.5, 0.6) is 0 Å². The fourth-order valence-electron chi connectivity index (χ4n) is 2.50. The third-order valence-corrected chi connectivity index (χ3v) is 5.44. The van der Waals surface area contributed by atoms with Gasteiger partial charge in [-0.1, -0.05) is 36.0 Å². The standard InChI is InChI=1S/C18H13BrN4O2S/c1-10(15-20-14-9-5-3-7-12(14)16(24)21-15)26-18-23-22-17(25-18)11-6-2-4-8-13(11)19/h2-10H,1H3,(H,20,21,24)/t10-/m0/s1. The third-order valence-electron chi connectivity index (χ3n) is 3.80. The van der Waals surface area contributed by atoms with Crippen LogP contribution >= 0.6 is 27.7 Å².